The summed E-state index contributed by atoms with van der Waals surface area (Å²) in [4.78, 5) is 15.9. The van der Waals surface area contributed by atoms with Crippen LogP contribution in [0.15, 0.2) is 35.3 Å². The van der Waals surface area contributed by atoms with Crippen molar-refractivity contribution in [1.29, 1.82) is 0 Å². The van der Waals surface area contributed by atoms with E-state index < -0.39 is 0 Å². The molecule has 18 heavy (non-hydrogen) atoms. The minimum Gasteiger partial charge on any atom is -0.319 e. The van der Waals surface area contributed by atoms with Gasteiger partial charge in [-0.05, 0) is 41.9 Å². The first kappa shape index (κ1) is 12.8. The summed E-state index contributed by atoms with van der Waals surface area (Å²) in [5, 5.41) is 6.95. The van der Waals surface area contributed by atoms with Crippen LogP contribution in [-0.2, 0) is 0 Å². The smallest absolute Gasteiger partial charge is 0.255 e. The lowest BCUT2D eigenvalue weighted by Gasteiger charge is -2.04. The van der Waals surface area contributed by atoms with Gasteiger partial charge in [0.15, 0.2) is 0 Å². The SMILES string of the molecule is CC(C)n1cc(NC(=O)c2ccnc(Br)c2)cn1. The lowest BCUT2D eigenvalue weighted by molar-refractivity contribution is 0.102. The highest BCUT2D eigenvalue weighted by atomic mass is 79.9. The number of hydrogen-bond donors (Lipinski definition) is 1. The van der Waals surface area contributed by atoms with Crippen LogP contribution in [0.25, 0.3) is 0 Å². The molecule has 1 amide bonds. The van der Waals surface area contributed by atoms with Crippen molar-refractivity contribution in [2.24, 2.45) is 0 Å². The summed E-state index contributed by atoms with van der Waals surface area (Å²) in [5.74, 6) is -0.179. The molecule has 0 aromatic carbocycles. The molecule has 2 aromatic heterocycles. The normalized spacial score (nSPS) is 10.7. The van der Waals surface area contributed by atoms with Crippen LogP contribution in [0, 0.1) is 0 Å². The molecule has 2 heterocycles. The molecular formula is C12H13BrN4O. The number of aromatic nitrogens is 3. The van der Waals surface area contributed by atoms with Gasteiger partial charge in [0.05, 0.1) is 11.9 Å². The quantitative estimate of drug-likeness (QED) is 0.887. The van der Waals surface area contributed by atoms with Gasteiger partial charge in [-0.1, -0.05) is 0 Å². The van der Waals surface area contributed by atoms with E-state index in [1.54, 1.807) is 35.4 Å². The second-order valence-electron chi connectivity index (χ2n) is 4.12. The Hall–Kier alpha value is -1.69. The van der Waals surface area contributed by atoms with Gasteiger partial charge in [-0.3, -0.25) is 9.48 Å². The lowest BCUT2D eigenvalue weighted by Crippen LogP contribution is -2.11. The molecular weight excluding hydrogens is 296 g/mol. The fourth-order valence-corrected chi connectivity index (χ4v) is 1.80. The largest absolute Gasteiger partial charge is 0.319 e. The van der Waals surface area contributed by atoms with Gasteiger partial charge in [-0.2, -0.15) is 5.10 Å². The van der Waals surface area contributed by atoms with Gasteiger partial charge < -0.3 is 5.32 Å². The summed E-state index contributed by atoms with van der Waals surface area (Å²) in [6, 6.07) is 3.60. The van der Waals surface area contributed by atoms with Gasteiger partial charge in [-0.25, -0.2) is 4.98 Å². The van der Waals surface area contributed by atoms with Crippen molar-refractivity contribution < 1.29 is 4.79 Å². The Balaban J connectivity index is 2.11. The third-order valence-corrected chi connectivity index (χ3v) is 2.81. The highest BCUT2D eigenvalue weighted by molar-refractivity contribution is 9.10. The Morgan fingerprint density at radius 2 is 2.28 bits per heavy atom. The average molecular weight is 309 g/mol. The Morgan fingerprint density at radius 3 is 2.89 bits per heavy atom. The predicted octanol–water partition coefficient (Wildman–Crippen LogP) is 2.87. The van der Waals surface area contributed by atoms with Crippen LogP contribution < -0.4 is 5.32 Å². The summed E-state index contributed by atoms with van der Waals surface area (Å²) in [7, 11) is 0. The van der Waals surface area contributed by atoms with Crippen molar-refractivity contribution in [3.05, 3.63) is 40.9 Å². The first-order valence-electron chi connectivity index (χ1n) is 5.53. The zero-order valence-corrected chi connectivity index (χ0v) is 11.7. The highest BCUT2D eigenvalue weighted by Gasteiger charge is 2.08. The second-order valence-corrected chi connectivity index (χ2v) is 4.94. The number of nitrogens with zero attached hydrogens (tertiary/aromatic N) is 3. The van der Waals surface area contributed by atoms with E-state index >= 15 is 0 Å². The van der Waals surface area contributed by atoms with Crippen LogP contribution in [-0.4, -0.2) is 20.7 Å². The zero-order valence-electron chi connectivity index (χ0n) is 10.1. The number of nitrogens with one attached hydrogen (secondary N) is 1. The van der Waals surface area contributed by atoms with Crippen molar-refractivity contribution in [3.63, 3.8) is 0 Å². The number of pyridine rings is 1. The molecule has 2 rings (SSSR count). The minimum atomic E-state index is -0.179. The molecule has 0 bridgehead atoms. The van der Waals surface area contributed by atoms with E-state index in [1.807, 2.05) is 13.8 Å². The minimum absolute atomic E-state index is 0.179. The maximum Gasteiger partial charge on any atom is 0.255 e. The summed E-state index contributed by atoms with van der Waals surface area (Å²) >= 11 is 3.23. The second kappa shape index (κ2) is 5.30. The molecule has 2 aromatic rings. The topological polar surface area (TPSA) is 59.8 Å². The van der Waals surface area contributed by atoms with Gasteiger partial charge >= 0.3 is 0 Å². The fourth-order valence-electron chi connectivity index (χ4n) is 1.43. The van der Waals surface area contributed by atoms with Crippen LogP contribution in [0.5, 0.6) is 0 Å². The van der Waals surface area contributed by atoms with Gasteiger partial charge in [0.25, 0.3) is 5.91 Å². The molecule has 0 saturated heterocycles. The first-order valence-corrected chi connectivity index (χ1v) is 6.32. The van der Waals surface area contributed by atoms with E-state index in [4.69, 9.17) is 0 Å². The third-order valence-electron chi connectivity index (χ3n) is 2.38. The molecule has 1 N–H and O–H groups in total. The number of carbonyl (C=O) groups is 1. The maximum absolute atomic E-state index is 11.9. The Morgan fingerprint density at radius 1 is 1.50 bits per heavy atom. The number of halogens is 1. The molecule has 6 heteroatoms. The Bertz CT molecular complexity index is 565. The molecule has 0 saturated carbocycles. The van der Waals surface area contributed by atoms with E-state index in [9.17, 15) is 4.79 Å². The number of amides is 1. The summed E-state index contributed by atoms with van der Waals surface area (Å²) < 4.78 is 2.42. The Kier molecular flexibility index (Phi) is 3.76. The maximum atomic E-state index is 11.9. The zero-order chi connectivity index (χ0) is 13.1. The fraction of sp³-hybridized carbons (Fsp3) is 0.250. The number of rotatable bonds is 3. The summed E-state index contributed by atoms with van der Waals surface area (Å²) in [5.41, 5.74) is 1.23. The molecule has 0 fully saturated rings. The van der Waals surface area contributed by atoms with E-state index in [-0.39, 0.29) is 11.9 Å². The van der Waals surface area contributed by atoms with Crippen molar-refractivity contribution in [2.45, 2.75) is 19.9 Å². The van der Waals surface area contributed by atoms with E-state index in [2.05, 4.69) is 31.3 Å². The molecule has 0 unspecified atom stereocenters. The van der Waals surface area contributed by atoms with Crippen molar-refractivity contribution >= 4 is 27.5 Å². The van der Waals surface area contributed by atoms with Crippen LogP contribution >= 0.6 is 15.9 Å². The Labute approximate surface area is 113 Å². The van der Waals surface area contributed by atoms with Gasteiger partial charge in [0, 0.05) is 24.0 Å². The molecule has 94 valence electrons. The van der Waals surface area contributed by atoms with Crippen LogP contribution in [0.1, 0.15) is 30.2 Å². The average Bonchev–Trinajstić information content (AvgIpc) is 2.77. The van der Waals surface area contributed by atoms with Crippen molar-refractivity contribution in [2.75, 3.05) is 5.32 Å². The van der Waals surface area contributed by atoms with E-state index in [0.29, 0.717) is 15.9 Å². The molecule has 0 aliphatic heterocycles. The highest BCUT2D eigenvalue weighted by Crippen LogP contribution is 2.13. The van der Waals surface area contributed by atoms with Gasteiger partial charge in [-0.15, -0.1) is 0 Å². The molecule has 0 aliphatic rings. The first-order chi connectivity index (χ1) is 8.56. The molecule has 0 aliphatic carbocycles. The van der Waals surface area contributed by atoms with E-state index in [1.165, 1.54) is 0 Å². The van der Waals surface area contributed by atoms with E-state index in [0.717, 1.165) is 0 Å². The van der Waals surface area contributed by atoms with Crippen LogP contribution in [0.2, 0.25) is 0 Å². The van der Waals surface area contributed by atoms with Crippen molar-refractivity contribution in [3.8, 4) is 0 Å². The molecule has 5 nitrogen and oxygen atoms in total. The van der Waals surface area contributed by atoms with Gasteiger partial charge in [0.1, 0.15) is 4.60 Å². The third kappa shape index (κ3) is 2.95. The summed E-state index contributed by atoms with van der Waals surface area (Å²) in [6.07, 6.45) is 5.02. The van der Waals surface area contributed by atoms with Gasteiger partial charge in [0.2, 0.25) is 0 Å². The number of hydrogen-bond acceptors (Lipinski definition) is 3. The molecule has 0 atom stereocenters. The van der Waals surface area contributed by atoms with Crippen LogP contribution in [0.3, 0.4) is 0 Å². The summed E-state index contributed by atoms with van der Waals surface area (Å²) in [6.45, 7) is 4.05. The number of anilines is 1. The molecule has 0 spiro atoms. The predicted molar refractivity (Wildman–Crippen MR) is 72.5 cm³/mol. The number of carbonyl (C=O) groups excluding carboxylic acids is 1. The lowest BCUT2D eigenvalue weighted by atomic mass is 10.2. The standard InChI is InChI=1S/C12H13BrN4O/c1-8(2)17-7-10(6-15-17)16-12(18)9-3-4-14-11(13)5-9/h3-8H,1-2H3,(H,16,18). The van der Waals surface area contributed by atoms with Crippen LogP contribution in [0.4, 0.5) is 5.69 Å². The molecule has 0 radical (unpaired) electrons. The van der Waals surface area contributed by atoms with Crippen molar-refractivity contribution in [1.82, 2.24) is 14.8 Å². The monoisotopic (exact) mass is 308 g/mol.